The molecule has 0 spiro atoms. The number of Topliss-reactive ketones (excluding diaryl/α,β-unsaturated/α-hetero) is 4. The average Bonchev–Trinajstić information content (AvgIpc) is 0.717. The Kier molecular flexibility index (Phi) is 44.7. The molecule has 21 N–H and O–H groups in total. The predicted octanol–water partition coefficient (Wildman–Crippen LogP) is 7.07. The van der Waals surface area contributed by atoms with E-state index < -0.39 is 181 Å². The van der Waals surface area contributed by atoms with Crippen molar-refractivity contribution in [3.8, 4) is 11.8 Å². The summed E-state index contributed by atoms with van der Waals surface area (Å²) in [6, 6.07) is 24.3. The molecule has 36 nitrogen and oxygen atoms in total. The molecule has 148 heavy (non-hydrogen) atoms. The Morgan fingerprint density at radius 2 is 1.18 bits per heavy atom. The van der Waals surface area contributed by atoms with Crippen LogP contribution < -0.4 is 54.4 Å². The predicted molar refractivity (Wildman–Crippen MR) is 551 cm³/mol. The van der Waals surface area contributed by atoms with Crippen molar-refractivity contribution in [3.63, 3.8) is 0 Å². The van der Waals surface area contributed by atoms with E-state index >= 15 is 4.79 Å². The smallest absolute Gasteiger partial charge is 0.312 e. The molecule has 2 heterocycles. The summed E-state index contributed by atoms with van der Waals surface area (Å²) >= 11 is 0. The lowest BCUT2D eigenvalue weighted by Gasteiger charge is -2.56. The van der Waals surface area contributed by atoms with Gasteiger partial charge >= 0.3 is 6.03 Å². The molecule has 3 saturated carbocycles. The van der Waals surface area contributed by atoms with Crippen LogP contribution in [0, 0.1) is 65.1 Å². The Hall–Kier alpha value is -9.89. The quantitative estimate of drug-likeness (QED) is 0.0119. The lowest BCUT2D eigenvalue weighted by atomic mass is 9.49. The van der Waals surface area contributed by atoms with Gasteiger partial charge in [-0.15, -0.1) is 0 Å². The monoisotopic (exact) mass is 2060 g/mol. The maximum Gasteiger partial charge on any atom is 0.312 e. The van der Waals surface area contributed by atoms with Crippen molar-refractivity contribution in [3.05, 3.63) is 146 Å². The van der Waals surface area contributed by atoms with Gasteiger partial charge in [0.25, 0.3) is 0 Å². The largest absolute Gasteiger partial charge is 0.399 e. The molecule has 8 amide bonds. The second-order valence-electron chi connectivity index (χ2n) is 43.0. The normalized spacial score (nSPS) is 26.9. The zero-order valence-electron chi connectivity index (χ0n) is 87.3. The number of nitrogens with one attached hydrogen (secondary N) is 6. The van der Waals surface area contributed by atoms with Gasteiger partial charge in [0.15, 0.2) is 17.8 Å². The Balaban J connectivity index is 0.0000208. The number of hydrogen-bond acceptors (Lipinski definition) is 29. The van der Waals surface area contributed by atoms with Crippen molar-refractivity contribution in [2.24, 2.45) is 57.8 Å². The molecule has 6 aliphatic carbocycles. The van der Waals surface area contributed by atoms with Crippen LogP contribution in [0.5, 0.6) is 0 Å². The van der Waals surface area contributed by atoms with Gasteiger partial charge < -0.3 is 123 Å². The number of unbranched alkanes of at least 4 members (excludes halogenated alkanes) is 1. The first-order valence-corrected chi connectivity index (χ1v) is 53.2. The maximum atomic E-state index is 15.1. The minimum Gasteiger partial charge on any atom is -0.399 e. The van der Waals surface area contributed by atoms with Gasteiger partial charge in [-0.05, 0) is 196 Å². The zero-order chi connectivity index (χ0) is 106. The third kappa shape index (κ3) is 30.4. The number of imide groups is 1. The SMILES string of the molecule is Cc1ccc2c(c1)[C@@]1(C)CCC[C@](C)(C(=O)NC(=O)[C@@]3(C)CCC[C@]4(C)c5cc(CC(=O)[C@H](CO)NC(=O)[C@H](CCCNC(N)=O)CC(=O)[C@@H](NC(=O)[C@@H](CCCCNC(=O)COC6CCCCCC(N[C@H]7O[C@H](CO)[C@@H](O[C@H]8C[C@H](CO)[C@@H](O)[C@H](O)[C@H]8O)[C@H](O)[C@H]7O)=C6N)CC(=O)CCOCCOCCOCCOCCCC(=O)CCC(=O)N6Cc7ccccc7C#Cc7ccccc76)C(C)C)ccc5CC[C@@H]34)[C@@H]1CC2.N. The van der Waals surface area contributed by atoms with Crippen LogP contribution in [0.3, 0.4) is 0 Å². The first-order chi connectivity index (χ1) is 70.4. The van der Waals surface area contributed by atoms with Crippen LogP contribution in [0.2, 0.25) is 0 Å². The summed E-state index contributed by atoms with van der Waals surface area (Å²) < 4.78 is 41.0. The second kappa shape index (κ2) is 55.9. The molecule has 0 aromatic heterocycles. The standard InChI is InChI=1S/C112H159N9O26.H3N/c1-68(2)96(87(128)61-76(25-17-48-116-108(114)140)103(136)117-84(65-123)86(127)59-70-31-33-73-37-40-92-110(5,82(73)58-70)44-20-46-112(92,7)107(139)120-106(138)111(6)45-19-43-109(4)81-57-69(3)30-32-72(81)36-39-91(109)111)119-104(137)75(60-80(126)42-50-142-52-54-144-56-55-143-53-51-141-49-18-26-79(125)38-41-94(130)121-63-77-24-12-11-21-71(77)34-35-74-22-13-14-28-85(74)121)23-15-16-47-115-93(129)67-145-88-29-10-8-9-27-83(95(88)113)118-105-101(135)100(134)102(90(66-124)147-105)146-89-62-78(64-122)97(131)99(133)98(89)132;/h11-14,21-22,24,28,30-33,57-58,68,75-76,78,84,88-92,96-102,105,118,122-124,131-135H,8-10,15-20,23,25-27,29,36-56,59-67,113H2,1-7H3,(H,115,129)(H,117,136)(H,119,137)(H3,114,116,140)(H,120,138,139);1H3/t75-,76+,78+,84-,88?,89-,90+,91+,92+,96-,97+,98-,99-,100+,101+,102+,105-,109+,110+,111-,112-;/m0./s1. The van der Waals surface area contributed by atoms with E-state index in [-0.39, 0.29) is 182 Å². The van der Waals surface area contributed by atoms with Crippen molar-refractivity contribution in [2.45, 2.75) is 325 Å². The fraction of sp³-hybridized carbons (Fsp3) is 0.652. The molecule has 4 aromatic rings. The molecular formula is C112H162N10O26. The molecule has 4 fully saturated rings. The molecule has 2 aliphatic heterocycles. The Labute approximate surface area is 869 Å². The Morgan fingerprint density at radius 3 is 1.83 bits per heavy atom. The number of aliphatic hydroxyl groups excluding tert-OH is 8. The summed E-state index contributed by atoms with van der Waals surface area (Å²) in [7, 11) is 0. The van der Waals surface area contributed by atoms with Gasteiger partial charge in [-0.2, -0.15) is 0 Å². The topological polar surface area (TPSA) is 577 Å². The molecule has 816 valence electrons. The van der Waals surface area contributed by atoms with Crippen molar-refractivity contribution in [1.29, 1.82) is 0 Å². The maximum absolute atomic E-state index is 15.1. The molecular weight excluding hydrogens is 1900 g/mol. The third-order valence-electron chi connectivity index (χ3n) is 32.3. The highest BCUT2D eigenvalue weighted by Crippen LogP contribution is 2.60. The summed E-state index contributed by atoms with van der Waals surface area (Å²) in [5.41, 5.74) is 20.2. The molecule has 12 rings (SSSR count). The van der Waals surface area contributed by atoms with Gasteiger partial charge in [0.1, 0.15) is 60.8 Å². The number of amides is 8. The number of nitrogens with two attached hydrogens (primary N) is 2. The van der Waals surface area contributed by atoms with Gasteiger partial charge in [-0.1, -0.05) is 158 Å². The van der Waals surface area contributed by atoms with E-state index in [2.05, 4.69) is 89.6 Å². The summed E-state index contributed by atoms with van der Waals surface area (Å²) in [5, 5.41) is 103. The number of anilines is 1. The lowest BCUT2D eigenvalue weighted by molar-refractivity contribution is -0.276. The van der Waals surface area contributed by atoms with E-state index in [0.717, 1.165) is 72.8 Å². The third-order valence-corrected chi connectivity index (χ3v) is 32.3. The number of hydrogen-bond donors (Lipinski definition) is 17. The van der Waals surface area contributed by atoms with Crippen LogP contribution in [0.25, 0.3) is 0 Å². The van der Waals surface area contributed by atoms with Gasteiger partial charge in [0.05, 0.1) is 113 Å². The minimum absolute atomic E-state index is 0. The number of aryl methyl sites for hydroxylation is 3. The van der Waals surface area contributed by atoms with Gasteiger partial charge in [-0.25, -0.2) is 4.79 Å². The molecule has 1 unspecified atom stereocenters. The van der Waals surface area contributed by atoms with Crippen molar-refractivity contribution in [2.75, 3.05) is 97.3 Å². The van der Waals surface area contributed by atoms with Crippen LogP contribution >= 0.6 is 0 Å². The number of ether oxygens (including phenoxy) is 7. The van der Waals surface area contributed by atoms with E-state index in [9.17, 15) is 88.8 Å². The van der Waals surface area contributed by atoms with E-state index in [0.29, 0.717) is 101 Å². The van der Waals surface area contributed by atoms with E-state index in [1.807, 2.05) is 73.7 Å². The zero-order valence-corrected chi connectivity index (χ0v) is 87.3. The number of rotatable bonds is 53. The van der Waals surface area contributed by atoms with Crippen LogP contribution in [0.15, 0.2) is 96.3 Å². The van der Waals surface area contributed by atoms with Gasteiger partial charge in [0.2, 0.25) is 35.4 Å². The van der Waals surface area contributed by atoms with E-state index in [4.69, 9.17) is 44.6 Å². The molecule has 0 radical (unpaired) electrons. The molecule has 1 saturated heterocycles. The minimum atomic E-state index is -1.72. The van der Waals surface area contributed by atoms with Crippen molar-refractivity contribution < 1.29 is 127 Å². The number of carbonyl (C=O) groups excluding carboxylic acids is 11. The van der Waals surface area contributed by atoms with Gasteiger partial charge in [-0.3, -0.25) is 53.3 Å². The fourth-order valence-electron chi connectivity index (χ4n) is 23.8. The Morgan fingerprint density at radius 1 is 0.568 bits per heavy atom. The number of nitrogens with zero attached hydrogens (tertiary/aromatic N) is 1. The summed E-state index contributed by atoms with van der Waals surface area (Å²) in [6.07, 6.45) is -3.10. The van der Waals surface area contributed by atoms with Crippen molar-refractivity contribution >= 4 is 70.3 Å². The number of fused-ring (bicyclic) bond motifs is 8. The van der Waals surface area contributed by atoms with Crippen LogP contribution in [0.1, 0.15) is 259 Å². The second-order valence-corrected chi connectivity index (χ2v) is 43.0. The average molecular weight is 2060 g/mol. The molecule has 8 aliphatic rings. The summed E-state index contributed by atoms with van der Waals surface area (Å²) in [6.45, 7) is 13.8. The van der Waals surface area contributed by atoms with E-state index in [1.165, 1.54) is 16.7 Å². The highest BCUT2D eigenvalue weighted by molar-refractivity contribution is 6.01. The first-order valence-electron chi connectivity index (χ1n) is 53.2. The van der Waals surface area contributed by atoms with Crippen LogP contribution in [-0.4, -0.2) is 271 Å². The number of para-hydroxylation sites is 1. The molecule has 21 atom stereocenters. The summed E-state index contributed by atoms with van der Waals surface area (Å²) in [5.74, 6) is -1.21. The number of allylic oxidation sites excluding steroid dienone is 1. The van der Waals surface area contributed by atoms with Crippen LogP contribution in [-0.2, 0) is 118 Å². The molecule has 4 aromatic carbocycles. The summed E-state index contributed by atoms with van der Waals surface area (Å²) in [4.78, 5) is 157. The number of aliphatic hydroxyl groups is 8. The number of carbonyl (C=O) groups is 11. The van der Waals surface area contributed by atoms with Crippen LogP contribution in [0.4, 0.5) is 10.5 Å². The highest BCUT2D eigenvalue weighted by Gasteiger charge is 2.60. The Bertz CT molecular complexity index is 5280. The first kappa shape index (κ1) is 118. The highest BCUT2D eigenvalue weighted by atomic mass is 16.6. The van der Waals surface area contributed by atoms with Crippen molar-refractivity contribution in [1.82, 2.24) is 38.1 Å². The fourth-order valence-corrected chi connectivity index (χ4v) is 23.8. The molecule has 36 heteroatoms. The lowest BCUT2D eigenvalue weighted by Crippen LogP contribution is -2.65. The van der Waals surface area contributed by atoms with Gasteiger partial charge in [0, 0.05) is 106 Å². The van der Waals surface area contributed by atoms with E-state index in [1.54, 1.807) is 18.7 Å². The number of urea groups is 1. The number of primary amides is 1. The number of benzene rings is 4. The molecule has 0 bridgehead atoms. The number of ketones is 4.